The molecular formula is C7H5NO2S. The second-order valence-corrected chi connectivity index (χ2v) is 3.01. The van der Waals surface area contributed by atoms with Crippen LogP contribution >= 0.6 is 11.5 Å². The first-order valence-electron chi connectivity index (χ1n) is 3.04. The van der Waals surface area contributed by atoms with E-state index < -0.39 is 0 Å². The molecule has 4 heteroatoms. The third kappa shape index (κ3) is 0.914. The minimum atomic E-state index is 0.0650. The van der Waals surface area contributed by atoms with E-state index in [1.54, 1.807) is 12.3 Å². The van der Waals surface area contributed by atoms with Crippen molar-refractivity contribution in [1.82, 2.24) is 4.37 Å². The molecule has 1 aromatic heterocycles. The van der Waals surface area contributed by atoms with Crippen molar-refractivity contribution in [2.24, 2.45) is 0 Å². The molecule has 0 spiro atoms. The lowest BCUT2D eigenvalue weighted by atomic mass is 10.2. The number of nitrogens with zero attached hydrogens (tertiary/aromatic N) is 1. The molecular weight excluding hydrogens is 162 g/mol. The average molecular weight is 167 g/mol. The summed E-state index contributed by atoms with van der Waals surface area (Å²) in [6.07, 6.45) is 1.61. The molecule has 2 N–H and O–H groups in total. The smallest absolute Gasteiger partial charge is 0.138 e. The second-order valence-electron chi connectivity index (χ2n) is 2.21. The lowest BCUT2D eigenvalue weighted by molar-refractivity contribution is 0.455. The fourth-order valence-electron chi connectivity index (χ4n) is 0.951. The molecule has 0 aliphatic rings. The van der Waals surface area contributed by atoms with E-state index in [2.05, 4.69) is 4.37 Å². The molecule has 0 saturated carbocycles. The molecule has 0 fully saturated rings. The van der Waals surface area contributed by atoms with Crippen LogP contribution in [-0.2, 0) is 0 Å². The number of phenols is 2. The van der Waals surface area contributed by atoms with Gasteiger partial charge in [-0.05, 0) is 17.6 Å². The Bertz CT molecular complexity index is 396. The number of fused-ring (bicyclic) bond motifs is 1. The van der Waals surface area contributed by atoms with Gasteiger partial charge in [-0.3, -0.25) is 0 Å². The van der Waals surface area contributed by atoms with Gasteiger partial charge >= 0.3 is 0 Å². The third-order valence-corrected chi connectivity index (χ3v) is 2.26. The Balaban J connectivity index is 2.91. The lowest BCUT2D eigenvalue weighted by Gasteiger charge is -1.94. The summed E-state index contributed by atoms with van der Waals surface area (Å²) >= 11 is 1.21. The summed E-state index contributed by atoms with van der Waals surface area (Å²) in [5, 5.41) is 19.1. The maximum atomic E-state index is 9.25. The van der Waals surface area contributed by atoms with Crippen LogP contribution in [0.15, 0.2) is 18.3 Å². The van der Waals surface area contributed by atoms with Gasteiger partial charge in [0.15, 0.2) is 0 Å². The van der Waals surface area contributed by atoms with Crippen LogP contribution in [0, 0.1) is 0 Å². The zero-order chi connectivity index (χ0) is 7.84. The quantitative estimate of drug-likeness (QED) is 0.628. The second kappa shape index (κ2) is 2.10. The lowest BCUT2D eigenvalue weighted by Crippen LogP contribution is -1.66. The van der Waals surface area contributed by atoms with Gasteiger partial charge in [0, 0.05) is 17.6 Å². The molecule has 3 nitrogen and oxygen atoms in total. The Hall–Kier alpha value is -1.29. The molecule has 0 amide bonds. The van der Waals surface area contributed by atoms with Gasteiger partial charge in [-0.1, -0.05) is 0 Å². The number of rotatable bonds is 0. The summed E-state index contributed by atoms with van der Waals surface area (Å²) in [5.74, 6) is 0.151. The predicted molar refractivity (Wildman–Crippen MR) is 42.9 cm³/mol. The Morgan fingerprint density at radius 1 is 1.27 bits per heavy atom. The highest BCUT2D eigenvalue weighted by molar-refractivity contribution is 7.13. The summed E-state index contributed by atoms with van der Waals surface area (Å²) in [5.41, 5.74) is 0. The number of hydrogen-bond donors (Lipinski definition) is 2. The maximum Gasteiger partial charge on any atom is 0.138 e. The van der Waals surface area contributed by atoms with Crippen LogP contribution in [0.25, 0.3) is 10.1 Å². The van der Waals surface area contributed by atoms with Crippen LogP contribution in [0.3, 0.4) is 0 Å². The Labute approximate surface area is 66.7 Å². The highest BCUT2D eigenvalue weighted by atomic mass is 32.1. The molecule has 0 saturated heterocycles. The van der Waals surface area contributed by atoms with Gasteiger partial charge in [-0.15, -0.1) is 0 Å². The van der Waals surface area contributed by atoms with E-state index in [1.165, 1.54) is 17.6 Å². The standard InChI is InChI=1S/C7H5NO2S/c9-5-1-4-3-8-11-7(4)6(10)2-5/h1-3,9-10H. The van der Waals surface area contributed by atoms with Crippen molar-refractivity contribution < 1.29 is 10.2 Å². The maximum absolute atomic E-state index is 9.25. The van der Waals surface area contributed by atoms with E-state index >= 15 is 0 Å². The van der Waals surface area contributed by atoms with Gasteiger partial charge in [0.05, 0.1) is 4.70 Å². The first-order valence-corrected chi connectivity index (χ1v) is 3.81. The SMILES string of the molecule is Oc1cc(O)c2sncc2c1. The van der Waals surface area contributed by atoms with Gasteiger partial charge in [-0.25, -0.2) is 0 Å². The molecule has 0 unspecified atom stereocenters. The number of aromatic hydroxyl groups is 2. The monoisotopic (exact) mass is 167 g/mol. The van der Waals surface area contributed by atoms with Gasteiger partial charge in [0.1, 0.15) is 11.5 Å². The van der Waals surface area contributed by atoms with Crippen molar-refractivity contribution >= 4 is 21.6 Å². The Kier molecular flexibility index (Phi) is 1.22. The molecule has 1 aromatic carbocycles. The number of phenolic OH excluding ortho intramolecular Hbond substituents is 2. The van der Waals surface area contributed by atoms with Crippen molar-refractivity contribution in [2.75, 3.05) is 0 Å². The topological polar surface area (TPSA) is 53.4 Å². The molecule has 0 bridgehead atoms. The molecule has 2 rings (SSSR count). The van der Waals surface area contributed by atoms with E-state index in [1.807, 2.05) is 0 Å². The average Bonchev–Trinajstić information content (AvgIpc) is 2.34. The minimum Gasteiger partial charge on any atom is -0.508 e. The van der Waals surface area contributed by atoms with Gasteiger partial charge < -0.3 is 10.2 Å². The van der Waals surface area contributed by atoms with E-state index in [0.717, 1.165) is 5.39 Å². The Morgan fingerprint density at radius 3 is 2.91 bits per heavy atom. The van der Waals surface area contributed by atoms with E-state index in [0.29, 0.717) is 4.70 Å². The molecule has 11 heavy (non-hydrogen) atoms. The molecule has 0 aliphatic heterocycles. The highest BCUT2D eigenvalue weighted by Gasteiger charge is 2.03. The highest BCUT2D eigenvalue weighted by Crippen LogP contribution is 2.31. The van der Waals surface area contributed by atoms with Crippen molar-refractivity contribution in [3.05, 3.63) is 18.3 Å². The first-order chi connectivity index (χ1) is 5.27. The molecule has 56 valence electrons. The van der Waals surface area contributed by atoms with Crippen LogP contribution < -0.4 is 0 Å². The molecule has 1 heterocycles. The molecule has 0 aliphatic carbocycles. The Morgan fingerprint density at radius 2 is 2.09 bits per heavy atom. The third-order valence-electron chi connectivity index (χ3n) is 1.42. The van der Waals surface area contributed by atoms with Gasteiger partial charge in [0.25, 0.3) is 0 Å². The van der Waals surface area contributed by atoms with Crippen LogP contribution in [0.4, 0.5) is 0 Å². The molecule has 0 atom stereocenters. The summed E-state index contributed by atoms with van der Waals surface area (Å²) in [7, 11) is 0. The van der Waals surface area contributed by atoms with Crippen LogP contribution in [0.2, 0.25) is 0 Å². The van der Waals surface area contributed by atoms with E-state index in [4.69, 9.17) is 5.11 Å². The van der Waals surface area contributed by atoms with Crippen LogP contribution in [-0.4, -0.2) is 14.6 Å². The van der Waals surface area contributed by atoms with Gasteiger partial charge in [0.2, 0.25) is 0 Å². The summed E-state index contributed by atoms with van der Waals surface area (Å²) in [4.78, 5) is 0. The first kappa shape index (κ1) is 6.42. The van der Waals surface area contributed by atoms with E-state index in [-0.39, 0.29) is 11.5 Å². The largest absolute Gasteiger partial charge is 0.508 e. The van der Waals surface area contributed by atoms with Crippen LogP contribution in [0.5, 0.6) is 11.5 Å². The van der Waals surface area contributed by atoms with Crippen molar-refractivity contribution in [3.63, 3.8) is 0 Å². The van der Waals surface area contributed by atoms with Crippen molar-refractivity contribution in [2.45, 2.75) is 0 Å². The summed E-state index contributed by atoms with van der Waals surface area (Å²) in [6.45, 7) is 0. The fraction of sp³-hybridized carbons (Fsp3) is 0. The zero-order valence-electron chi connectivity index (χ0n) is 5.48. The van der Waals surface area contributed by atoms with Gasteiger partial charge in [-0.2, -0.15) is 4.37 Å². The van der Waals surface area contributed by atoms with Crippen molar-refractivity contribution in [3.8, 4) is 11.5 Å². The molecule has 0 radical (unpaired) electrons. The summed E-state index contributed by atoms with van der Waals surface area (Å²) in [6, 6.07) is 2.87. The number of benzene rings is 1. The molecule has 2 aromatic rings. The predicted octanol–water partition coefficient (Wildman–Crippen LogP) is 1.71. The van der Waals surface area contributed by atoms with E-state index in [9.17, 15) is 5.11 Å². The normalized spacial score (nSPS) is 10.5. The van der Waals surface area contributed by atoms with Crippen LogP contribution in [0.1, 0.15) is 0 Å². The van der Waals surface area contributed by atoms with Crippen molar-refractivity contribution in [1.29, 1.82) is 0 Å². The number of aromatic nitrogens is 1. The zero-order valence-corrected chi connectivity index (χ0v) is 6.30. The summed E-state index contributed by atoms with van der Waals surface area (Å²) < 4.78 is 4.58. The number of hydrogen-bond acceptors (Lipinski definition) is 4. The fourth-order valence-corrected chi connectivity index (χ4v) is 1.59. The minimum absolute atomic E-state index is 0.0650.